The molecule has 1 amide bonds. The lowest BCUT2D eigenvalue weighted by molar-refractivity contribution is 0.0374. The quantitative estimate of drug-likeness (QED) is 0.675. The molecule has 1 saturated heterocycles. The van der Waals surface area contributed by atoms with E-state index in [0.717, 1.165) is 50.6 Å². The van der Waals surface area contributed by atoms with Gasteiger partial charge in [-0.25, -0.2) is 9.97 Å². The second-order valence-corrected chi connectivity index (χ2v) is 6.58. The first-order valence-electron chi connectivity index (χ1n) is 9.28. The van der Waals surface area contributed by atoms with Gasteiger partial charge < -0.3 is 10.1 Å². The van der Waals surface area contributed by atoms with Crippen LogP contribution in [0.4, 0.5) is 0 Å². The molecule has 7 nitrogen and oxygen atoms in total. The van der Waals surface area contributed by atoms with Crippen LogP contribution < -0.4 is 5.32 Å². The third-order valence-electron chi connectivity index (χ3n) is 4.72. The summed E-state index contributed by atoms with van der Waals surface area (Å²) >= 11 is 0. The molecular formula is C20H23N5O2. The maximum atomic E-state index is 12.4. The minimum Gasteiger partial charge on any atom is -0.379 e. The van der Waals surface area contributed by atoms with E-state index in [1.807, 2.05) is 34.9 Å². The second kappa shape index (κ2) is 8.28. The molecule has 1 aliphatic rings. The SMILES string of the molecule is O=C(NCCCN1CCOCC1)c1cnc2c(c1)ncn2-c1ccccc1. The minimum absolute atomic E-state index is 0.111. The largest absolute Gasteiger partial charge is 0.379 e. The van der Waals surface area contributed by atoms with Crippen LogP contribution >= 0.6 is 0 Å². The van der Waals surface area contributed by atoms with E-state index in [4.69, 9.17) is 4.74 Å². The number of nitrogens with one attached hydrogen (secondary N) is 1. The van der Waals surface area contributed by atoms with Gasteiger partial charge >= 0.3 is 0 Å². The zero-order chi connectivity index (χ0) is 18.5. The number of carbonyl (C=O) groups is 1. The lowest BCUT2D eigenvalue weighted by Gasteiger charge is -2.26. The van der Waals surface area contributed by atoms with Crippen LogP contribution in [-0.2, 0) is 4.74 Å². The van der Waals surface area contributed by atoms with E-state index < -0.39 is 0 Å². The lowest BCUT2D eigenvalue weighted by Crippen LogP contribution is -2.38. The molecule has 0 aliphatic carbocycles. The normalized spacial score (nSPS) is 15.1. The molecule has 7 heteroatoms. The summed E-state index contributed by atoms with van der Waals surface area (Å²) in [5, 5.41) is 2.97. The van der Waals surface area contributed by atoms with Gasteiger partial charge in [0.05, 0.1) is 18.8 Å². The van der Waals surface area contributed by atoms with Gasteiger partial charge in [0.2, 0.25) is 0 Å². The number of ether oxygens (including phenoxy) is 1. The van der Waals surface area contributed by atoms with Crippen molar-refractivity contribution >= 4 is 17.1 Å². The van der Waals surface area contributed by atoms with Crippen molar-refractivity contribution in [1.29, 1.82) is 0 Å². The lowest BCUT2D eigenvalue weighted by atomic mass is 10.2. The van der Waals surface area contributed by atoms with Crippen molar-refractivity contribution < 1.29 is 9.53 Å². The average Bonchev–Trinajstić information content (AvgIpc) is 3.16. The van der Waals surface area contributed by atoms with Gasteiger partial charge in [-0.3, -0.25) is 14.3 Å². The number of morpholine rings is 1. The van der Waals surface area contributed by atoms with Crippen molar-refractivity contribution in [3.05, 3.63) is 54.5 Å². The van der Waals surface area contributed by atoms with E-state index in [0.29, 0.717) is 17.6 Å². The highest BCUT2D eigenvalue weighted by atomic mass is 16.5. The standard InChI is InChI=1S/C20H23N5O2/c26-20(21-7-4-8-24-9-11-27-12-10-24)16-13-18-19(22-14-16)25(15-23-18)17-5-2-1-3-6-17/h1-3,5-6,13-15H,4,7-12H2,(H,21,26). The van der Waals surface area contributed by atoms with E-state index in [1.54, 1.807) is 18.6 Å². The topological polar surface area (TPSA) is 72.3 Å². The van der Waals surface area contributed by atoms with E-state index >= 15 is 0 Å². The fourth-order valence-corrected chi connectivity index (χ4v) is 3.23. The molecule has 0 bridgehead atoms. The fraction of sp³-hybridized carbons (Fsp3) is 0.350. The number of para-hydroxylation sites is 1. The number of pyridine rings is 1. The number of imidazole rings is 1. The average molecular weight is 365 g/mol. The zero-order valence-electron chi connectivity index (χ0n) is 15.2. The molecule has 0 atom stereocenters. The van der Waals surface area contributed by atoms with E-state index in [1.165, 1.54) is 0 Å². The Morgan fingerprint density at radius 2 is 1.96 bits per heavy atom. The molecule has 1 aliphatic heterocycles. The van der Waals surface area contributed by atoms with Crippen LogP contribution in [0, 0.1) is 0 Å². The van der Waals surface area contributed by atoms with Crippen molar-refractivity contribution in [3.63, 3.8) is 0 Å². The molecule has 27 heavy (non-hydrogen) atoms. The number of hydrogen-bond acceptors (Lipinski definition) is 5. The van der Waals surface area contributed by atoms with Gasteiger partial charge in [-0.2, -0.15) is 0 Å². The molecule has 0 saturated carbocycles. The van der Waals surface area contributed by atoms with Crippen molar-refractivity contribution in [3.8, 4) is 5.69 Å². The highest BCUT2D eigenvalue weighted by Crippen LogP contribution is 2.17. The second-order valence-electron chi connectivity index (χ2n) is 6.58. The highest BCUT2D eigenvalue weighted by Gasteiger charge is 2.12. The number of rotatable bonds is 6. The number of nitrogens with zero attached hydrogens (tertiary/aromatic N) is 4. The van der Waals surface area contributed by atoms with E-state index in [2.05, 4.69) is 20.2 Å². The Bertz CT molecular complexity index is 903. The van der Waals surface area contributed by atoms with Gasteiger partial charge in [-0.1, -0.05) is 18.2 Å². The minimum atomic E-state index is -0.111. The van der Waals surface area contributed by atoms with Crippen LogP contribution in [0.1, 0.15) is 16.8 Å². The predicted molar refractivity (Wildman–Crippen MR) is 103 cm³/mol. The zero-order valence-corrected chi connectivity index (χ0v) is 15.2. The van der Waals surface area contributed by atoms with Gasteiger partial charge in [-0.15, -0.1) is 0 Å². The van der Waals surface area contributed by atoms with Gasteiger partial charge in [0, 0.05) is 31.5 Å². The van der Waals surface area contributed by atoms with Crippen LogP contribution in [0.25, 0.3) is 16.9 Å². The molecule has 1 fully saturated rings. The molecule has 1 aromatic carbocycles. The first-order chi connectivity index (χ1) is 13.3. The summed E-state index contributed by atoms with van der Waals surface area (Å²) in [6.07, 6.45) is 4.27. The van der Waals surface area contributed by atoms with Crippen LogP contribution in [-0.4, -0.2) is 64.7 Å². The van der Waals surface area contributed by atoms with Crippen molar-refractivity contribution in [2.45, 2.75) is 6.42 Å². The summed E-state index contributed by atoms with van der Waals surface area (Å²) in [6, 6.07) is 11.7. The Kier molecular flexibility index (Phi) is 5.41. The van der Waals surface area contributed by atoms with Crippen LogP contribution in [0.3, 0.4) is 0 Å². The molecule has 4 rings (SSSR count). The monoisotopic (exact) mass is 365 g/mol. The Balaban J connectivity index is 1.36. The fourth-order valence-electron chi connectivity index (χ4n) is 3.23. The van der Waals surface area contributed by atoms with E-state index in [-0.39, 0.29) is 5.91 Å². The molecule has 0 spiro atoms. The van der Waals surface area contributed by atoms with E-state index in [9.17, 15) is 4.79 Å². The van der Waals surface area contributed by atoms with Gasteiger partial charge in [0.25, 0.3) is 5.91 Å². The summed E-state index contributed by atoms with van der Waals surface area (Å²) in [7, 11) is 0. The smallest absolute Gasteiger partial charge is 0.252 e. The number of hydrogen-bond donors (Lipinski definition) is 1. The number of fused-ring (bicyclic) bond motifs is 1. The molecule has 2 aromatic heterocycles. The van der Waals surface area contributed by atoms with Crippen LogP contribution in [0.15, 0.2) is 48.9 Å². The first-order valence-corrected chi connectivity index (χ1v) is 9.28. The summed E-state index contributed by atoms with van der Waals surface area (Å²) in [6.45, 7) is 5.16. The highest BCUT2D eigenvalue weighted by molar-refractivity contribution is 5.96. The van der Waals surface area contributed by atoms with Gasteiger partial charge in [0.1, 0.15) is 11.8 Å². The first kappa shape index (κ1) is 17.6. The Morgan fingerprint density at radius 1 is 1.15 bits per heavy atom. The molecular weight excluding hydrogens is 342 g/mol. The number of carbonyl (C=O) groups excluding carboxylic acids is 1. The molecule has 0 radical (unpaired) electrons. The number of aromatic nitrogens is 3. The summed E-state index contributed by atoms with van der Waals surface area (Å²) in [4.78, 5) is 23.6. The summed E-state index contributed by atoms with van der Waals surface area (Å²) in [5.74, 6) is -0.111. The Labute approximate surface area is 158 Å². The Hall–Kier alpha value is -2.77. The molecule has 140 valence electrons. The van der Waals surface area contributed by atoms with Gasteiger partial charge in [0.15, 0.2) is 5.65 Å². The molecule has 3 aromatic rings. The number of amides is 1. The predicted octanol–water partition coefficient (Wildman–Crippen LogP) is 1.87. The van der Waals surface area contributed by atoms with Crippen molar-refractivity contribution in [1.82, 2.24) is 24.8 Å². The van der Waals surface area contributed by atoms with Crippen molar-refractivity contribution in [2.75, 3.05) is 39.4 Å². The number of benzene rings is 1. The molecule has 1 N–H and O–H groups in total. The molecule has 3 heterocycles. The maximum absolute atomic E-state index is 12.4. The summed E-state index contributed by atoms with van der Waals surface area (Å²) < 4.78 is 7.26. The maximum Gasteiger partial charge on any atom is 0.252 e. The van der Waals surface area contributed by atoms with Gasteiger partial charge in [-0.05, 0) is 31.2 Å². The Morgan fingerprint density at radius 3 is 2.78 bits per heavy atom. The summed E-state index contributed by atoms with van der Waals surface area (Å²) in [5.41, 5.74) is 2.98. The third-order valence-corrected chi connectivity index (χ3v) is 4.72. The molecule has 0 unspecified atom stereocenters. The third kappa shape index (κ3) is 4.15. The van der Waals surface area contributed by atoms with Crippen molar-refractivity contribution in [2.24, 2.45) is 0 Å². The van der Waals surface area contributed by atoms with Crippen LogP contribution in [0.2, 0.25) is 0 Å². The van der Waals surface area contributed by atoms with Crippen LogP contribution in [0.5, 0.6) is 0 Å².